The first-order valence-corrected chi connectivity index (χ1v) is 14.4. The van der Waals surface area contributed by atoms with Gasteiger partial charge in [-0.25, -0.2) is 9.97 Å². The molecule has 9 nitrogen and oxygen atoms in total. The van der Waals surface area contributed by atoms with Gasteiger partial charge in [-0.05, 0) is 69.6 Å². The second-order valence-electron chi connectivity index (χ2n) is 11.2. The number of carbonyl (C=O) groups is 2. The molecule has 9 heteroatoms. The van der Waals surface area contributed by atoms with Crippen molar-refractivity contribution in [2.75, 3.05) is 57.4 Å². The summed E-state index contributed by atoms with van der Waals surface area (Å²) in [5, 5.41) is 3.06. The monoisotopic (exact) mass is 535 g/mol. The Bertz CT molecular complexity index is 1130. The van der Waals surface area contributed by atoms with E-state index in [0.717, 1.165) is 83.0 Å². The fraction of sp³-hybridized carbons (Fsp3) is 0.600. The Kier molecular flexibility index (Phi) is 8.96. The van der Waals surface area contributed by atoms with Crippen LogP contribution in [0, 0.1) is 18.3 Å². The van der Waals surface area contributed by atoms with E-state index in [4.69, 9.17) is 9.47 Å². The van der Waals surface area contributed by atoms with E-state index in [-0.39, 0.29) is 17.2 Å². The van der Waals surface area contributed by atoms with Gasteiger partial charge in [0.25, 0.3) is 5.91 Å². The molecular formula is C30H41N5O4. The normalized spacial score (nSPS) is 21.1. The molecule has 1 spiro atoms. The van der Waals surface area contributed by atoms with Crippen LogP contribution < -0.4 is 15.0 Å². The van der Waals surface area contributed by atoms with E-state index in [9.17, 15) is 9.59 Å². The molecule has 2 amide bonds. The van der Waals surface area contributed by atoms with Gasteiger partial charge in [0.15, 0.2) is 0 Å². The molecule has 210 valence electrons. The van der Waals surface area contributed by atoms with Crippen LogP contribution in [0.25, 0.3) is 0 Å². The van der Waals surface area contributed by atoms with Crippen molar-refractivity contribution in [3.05, 3.63) is 47.9 Å². The first kappa shape index (κ1) is 27.4. The lowest BCUT2D eigenvalue weighted by molar-refractivity contribution is -0.135. The minimum Gasteiger partial charge on any atom is -0.492 e. The molecule has 1 aromatic carbocycles. The Labute approximate surface area is 231 Å². The van der Waals surface area contributed by atoms with E-state index < -0.39 is 0 Å². The molecule has 0 atom stereocenters. The van der Waals surface area contributed by atoms with Crippen molar-refractivity contribution in [1.82, 2.24) is 20.2 Å². The van der Waals surface area contributed by atoms with Gasteiger partial charge >= 0.3 is 0 Å². The number of piperidine rings is 1. The fourth-order valence-electron chi connectivity index (χ4n) is 6.04. The summed E-state index contributed by atoms with van der Waals surface area (Å²) in [4.78, 5) is 39.4. The lowest BCUT2D eigenvalue weighted by Crippen LogP contribution is -2.46. The molecule has 0 bridgehead atoms. The maximum absolute atomic E-state index is 13.1. The Hall–Kier alpha value is -3.20. The van der Waals surface area contributed by atoms with Crippen LogP contribution in [0.15, 0.2) is 36.5 Å². The smallest absolute Gasteiger partial charge is 0.255 e. The SMILES string of the molecule is Cc1nccc(N2CCCC3(CCN(C(=O)CC4CCOCC4)CC3)COc3ccccc3C(=O)NCC2)n1. The largest absolute Gasteiger partial charge is 0.492 e. The molecular weight excluding hydrogens is 494 g/mol. The molecule has 1 aromatic heterocycles. The molecule has 2 aromatic rings. The zero-order chi connectivity index (χ0) is 27.1. The van der Waals surface area contributed by atoms with Crippen LogP contribution in [0.3, 0.4) is 0 Å². The van der Waals surface area contributed by atoms with Gasteiger partial charge in [-0.15, -0.1) is 0 Å². The molecule has 0 radical (unpaired) electrons. The Morgan fingerprint density at radius 3 is 2.67 bits per heavy atom. The standard InChI is InChI=1S/C30H41N5O4/c1-23-31-13-7-27(33-23)34-15-4-10-30(22-39-26-6-3-2-5-25(26)29(37)32-14-18-34)11-16-35(17-12-30)28(36)21-24-8-19-38-20-9-24/h2-3,5-7,13,24H,4,8-12,14-22H2,1H3,(H,32,37). The molecule has 2 fully saturated rings. The van der Waals surface area contributed by atoms with Crippen LogP contribution in [-0.4, -0.2) is 79.2 Å². The van der Waals surface area contributed by atoms with Gasteiger partial charge in [0.1, 0.15) is 17.4 Å². The van der Waals surface area contributed by atoms with E-state index in [2.05, 4.69) is 25.1 Å². The van der Waals surface area contributed by atoms with Crippen LogP contribution in [0.5, 0.6) is 5.75 Å². The number of nitrogens with one attached hydrogen (secondary N) is 1. The summed E-state index contributed by atoms with van der Waals surface area (Å²) >= 11 is 0. The zero-order valence-electron chi connectivity index (χ0n) is 23.1. The Morgan fingerprint density at radius 1 is 1.08 bits per heavy atom. The topological polar surface area (TPSA) is 96.9 Å². The number of nitrogens with zero attached hydrogens (tertiary/aromatic N) is 4. The number of benzene rings is 1. The van der Waals surface area contributed by atoms with Crippen molar-refractivity contribution < 1.29 is 19.1 Å². The van der Waals surface area contributed by atoms with Crippen molar-refractivity contribution in [2.24, 2.45) is 11.3 Å². The molecule has 4 heterocycles. The average molecular weight is 536 g/mol. The number of carbonyl (C=O) groups excluding carboxylic acids is 2. The van der Waals surface area contributed by atoms with E-state index in [1.54, 1.807) is 6.20 Å². The number of aromatic nitrogens is 2. The van der Waals surface area contributed by atoms with E-state index >= 15 is 0 Å². The molecule has 0 unspecified atom stereocenters. The Morgan fingerprint density at radius 2 is 1.87 bits per heavy atom. The minimum atomic E-state index is -0.133. The minimum absolute atomic E-state index is 0.0552. The fourth-order valence-corrected chi connectivity index (χ4v) is 6.04. The number of hydrogen-bond acceptors (Lipinski definition) is 7. The van der Waals surface area contributed by atoms with Crippen LogP contribution in [0.1, 0.15) is 61.1 Å². The van der Waals surface area contributed by atoms with Crippen LogP contribution in [0.4, 0.5) is 5.82 Å². The molecule has 39 heavy (non-hydrogen) atoms. The van der Waals surface area contributed by atoms with Gasteiger partial charge in [0.2, 0.25) is 5.91 Å². The van der Waals surface area contributed by atoms with Crippen molar-refractivity contribution in [1.29, 1.82) is 0 Å². The third-order valence-corrected chi connectivity index (χ3v) is 8.53. The third kappa shape index (κ3) is 7.06. The van der Waals surface area contributed by atoms with Crippen LogP contribution in [0.2, 0.25) is 0 Å². The van der Waals surface area contributed by atoms with Crippen molar-refractivity contribution in [3.63, 3.8) is 0 Å². The number of fused-ring (bicyclic) bond motifs is 1. The quantitative estimate of drug-likeness (QED) is 0.641. The molecule has 0 saturated carbocycles. The number of hydrogen-bond donors (Lipinski definition) is 1. The highest BCUT2D eigenvalue weighted by molar-refractivity contribution is 5.96. The summed E-state index contributed by atoms with van der Waals surface area (Å²) in [6.45, 7) is 7.46. The van der Waals surface area contributed by atoms with Crippen molar-refractivity contribution >= 4 is 17.6 Å². The summed E-state index contributed by atoms with van der Waals surface area (Å²) in [5.74, 6) is 2.81. The Balaban J connectivity index is 1.31. The summed E-state index contributed by atoms with van der Waals surface area (Å²) in [7, 11) is 0. The van der Waals surface area contributed by atoms with E-state index in [1.165, 1.54) is 0 Å². The summed E-state index contributed by atoms with van der Waals surface area (Å²) < 4.78 is 11.9. The summed E-state index contributed by atoms with van der Waals surface area (Å²) in [6, 6.07) is 9.41. The number of ether oxygens (including phenoxy) is 2. The molecule has 2 saturated heterocycles. The van der Waals surface area contributed by atoms with E-state index in [1.807, 2.05) is 37.3 Å². The van der Waals surface area contributed by atoms with Gasteiger partial charge in [-0.1, -0.05) is 12.1 Å². The second kappa shape index (κ2) is 12.8. The van der Waals surface area contributed by atoms with Crippen LogP contribution in [-0.2, 0) is 9.53 Å². The van der Waals surface area contributed by atoms with Crippen LogP contribution >= 0.6 is 0 Å². The molecule has 3 aliphatic rings. The number of likely N-dealkylation sites (tertiary alicyclic amines) is 1. The van der Waals surface area contributed by atoms with Gasteiger partial charge in [0.05, 0.1) is 12.2 Å². The zero-order valence-corrected chi connectivity index (χ0v) is 23.1. The first-order valence-electron chi connectivity index (χ1n) is 14.4. The number of amides is 2. The van der Waals surface area contributed by atoms with Crippen molar-refractivity contribution in [2.45, 2.75) is 51.9 Å². The lowest BCUT2D eigenvalue weighted by atomic mass is 9.75. The average Bonchev–Trinajstić information content (AvgIpc) is 2.97. The molecule has 0 aliphatic carbocycles. The number of anilines is 1. The second-order valence-corrected chi connectivity index (χ2v) is 11.2. The lowest BCUT2D eigenvalue weighted by Gasteiger charge is -2.42. The number of para-hydroxylation sites is 1. The predicted octanol–water partition coefficient (Wildman–Crippen LogP) is 3.62. The maximum atomic E-state index is 13.1. The predicted molar refractivity (Wildman–Crippen MR) is 149 cm³/mol. The van der Waals surface area contributed by atoms with Gasteiger partial charge in [-0.3, -0.25) is 9.59 Å². The number of aryl methyl sites for hydroxylation is 1. The highest BCUT2D eigenvalue weighted by atomic mass is 16.5. The summed E-state index contributed by atoms with van der Waals surface area (Å²) in [6.07, 6.45) is 8.12. The number of rotatable bonds is 3. The van der Waals surface area contributed by atoms with Gasteiger partial charge < -0.3 is 24.6 Å². The molecule has 1 N–H and O–H groups in total. The van der Waals surface area contributed by atoms with E-state index in [0.29, 0.717) is 43.3 Å². The summed E-state index contributed by atoms with van der Waals surface area (Å²) in [5.41, 5.74) is 0.501. The van der Waals surface area contributed by atoms with Gasteiger partial charge in [-0.2, -0.15) is 0 Å². The third-order valence-electron chi connectivity index (χ3n) is 8.53. The molecule has 3 aliphatic heterocycles. The highest BCUT2D eigenvalue weighted by Gasteiger charge is 2.37. The highest BCUT2D eigenvalue weighted by Crippen LogP contribution is 2.38. The molecule has 5 rings (SSSR count). The first-order chi connectivity index (χ1) is 19.0. The maximum Gasteiger partial charge on any atom is 0.255 e. The van der Waals surface area contributed by atoms with Crippen molar-refractivity contribution in [3.8, 4) is 5.75 Å². The van der Waals surface area contributed by atoms with Gasteiger partial charge in [0, 0.05) is 64.0 Å².